The third-order valence-corrected chi connectivity index (χ3v) is 6.90. The van der Waals surface area contributed by atoms with Gasteiger partial charge < -0.3 is 20.2 Å². The molecule has 3 rings (SSSR count). The first kappa shape index (κ1) is 24.9. The molecule has 4 atom stereocenters. The molecule has 0 spiro atoms. The summed E-state index contributed by atoms with van der Waals surface area (Å²) >= 11 is 0. The van der Waals surface area contributed by atoms with Gasteiger partial charge in [-0.05, 0) is 51.1 Å². The van der Waals surface area contributed by atoms with Gasteiger partial charge >= 0.3 is 5.97 Å². The average Bonchev–Trinajstić information content (AvgIpc) is 2.99. The van der Waals surface area contributed by atoms with Crippen molar-refractivity contribution in [1.29, 1.82) is 0 Å². The lowest BCUT2D eigenvalue weighted by molar-refractivity contribution is -0.163. The number of amides is 1. The van der Waals surface area contributed by atoms with Crippen molar-refractivity contribution in [2.24, 2.45) is 11.8 Å². The number of likely N-dealkylation sites (N-methyl/N-ethyl adjacent to an activating group) is 1. The number of nitrogens with zero attached hydrogens (tertiary/aromatic N) is 2. The lowest BCUT2D eigenvalue weighted by atomic mass is 9.77. The molecule has 0 unspecified atom stereocenters. The first-order valence-electron chi connectivity index (χ1n) is 11.2. The van der Waals surface area contributed by atoms with Crippen LogP contribution in [0, 0.1) is 24.6 Å². The van der Waals surface area contributed by atoms with E-state index in [9.17, 15) is 34.1 Å². The van der Waals surface area contributed by atoms with Crippen molar-refractivity contribution in [2.45, 2.75) is 52.7 Å². The molecule has 1 saturated heterocycles. The van der Waals surface area contributed by atoms with Gasteiger partial charge in [0.1, 0.15) is 17.3 Å². The van der Waals surface area contributed by atoms with Crippen LogP contribution in [0.4, 0.5) is 4.39 Å². The number of hydrogen-bond donors (Lipinski definition) is 3. The van der Waals surface area contributed by atoms with Crippen molar-refractivity contribution < 1.29 is 34.1 Å². The molecule has 0 bridgehead atoms. The number of aliphatic hydroxyl groups excluding tert-OH is 1. The fourth-order valence-electron chi connectivity index (χ4n) is 4.93. The normalized spacial score (nSPS) is 23.1. The Hall–Kier alpha value is -2.78. The molecule has 2 heterocycles. The number of hydrogen-bond acceptors (Lipinski definition) is 6. The van der Waals surface area contributed by atoms with Crippen LogP contribution in [0.1, 0.15) is 49.5 Å². The summed E-state index contributed by atoms with van der Waals surface area (Å²) in [6.45, 7) is 8.16. The van der Waals surface area contributed by atoms with E-state index in [1.807, 2.05) is 18.7 Å². The molecule has 1 amide bonds. The van der Waals surface area contributed by atoms with E-state index < -0.39 is 23.8 Å². The number of phenolic OH excluding ortho intramolecular Hbond substituents is 1. The van der Waals surface area contributed by atoms with Gasteiger partial charge in [-0.25, -0.2) is 9.18 Å². The molecule has 2 aliphatic heterocycles. The molecule has 9 heteroatoms. The zero-order chi connectivity index (χ0) is 24.6. The number of aliphatic hydroxyl groups is 1. The minimum Gasteiger partial charge on any atom is -0.508 e. The van der Waals surface area contributed by atoms with Crippen molar-refractivity contribution in [2.75, 3.05) is 19.6 Å². The van der Waals surface area contributed by atoms with Gasteiger partial charge in [0.15, 0.2) is 5.78 Å². The Labute approximate surface area is 192 Å². The Morgan fingerprint density at radius 1 is 1.30 bits per heavy atom. The average molecular weight is 463 g/mol. The molecule has 1 fully saturated rings. The van der Waals surface area contributed by atoms with Gasteiger partial charge in [0, 0.05) is 24.4 Å². The monoisotopic (exact) mass is 462 g/mol. The van der Waals surface area contributed by atoms with E-state index in [2.05, 4.69) is 0 Å². The van der Waals surface area contributed by atoms with E-state index in [1.165, 1.54) is 24.0 Å². The van der Waals surface area contributed by atoms with E-state index in [0.29, 0.717) is 31.6 Å². The van der Waals surface area contributed by atoms with Gasteiger partial charge in [0.05, 0.1) is 23.6 Å². The van der Waals surface area contributed by atoms with Crippen molar-refractivity contribution in [3.8, 4) is 5.75 Å². The van der Waals surface area contributed by atoms with Crippen molar-refractivity contribution in [3.63, 3.8) is 0 Å². The van der Waals surface area contributed by atoms with Crippen molar-refractivity contribution in [3.05, 3.63) is 40.3 Å². The number of aliphatic carboxylic acids is 1. The van der Waals surface area contributed by atoms with Crippen LogP contribution in [0.15, 0.2) is 23.4 Å². The lowest BCUT2D eigenvalue weighted by Crippen LogP contribution is -2.63. The Bertz CT molecular complexity index is 1000. The second-order valence-electron chi connectivity index (χ2n) is 8.90. The van der Waals surface area contributed by atoms with Gasteiger partial charge in [-0.1, -0.05) is 13.8 Å². The zero-order valence-electron chi connectivity index (χ0n) is 19.3. The van der Waals surface area contributed by atoms with Gasteiger partial charge in [-0.2, -0.15) is 0 Å². The van der Waals surface area contributed by atoms with Crippen LogP contribution in [-0.4, -0.2) is 74.6 Å². The fourth-order valence-corrected chi connectivity index (χ4v) is 4.93. The molecule has 0 saturated carbocycles. The summed E-state index contributed by atoms with van der Waals surface area (Å²) in [6.07, 6.45) is -0.304. The predicted octanol–water partition coefficient (Wildman–Crippen LogP) is 2.32. The fraction of sp³-hybridized carbons (Fsp3) is 0.542. The maximum atomic E-state index is 14.3. The third kappa shape index (κ3) is 4.39. The van der Waals surface area contributed by atoms with Gasteiger partial charge in [0.2, 0.25) is 5.91 Å². The molecule has 0 aliphatic carbocycles. The standard InChI is InChI=1S/C24H31FN2O6/c1-5-26(10-6-7-18(30)15-8-9-17(29)13(3)20(15)25)11-16-12(2)21-19(14(4)28)23(31)27(21)22(16)24(32)33/h8-9,12,14,19,21,28-29H,5-7,10-11H2,1-4H3,(H,32,33)/t12-,14+,19+,21+/m0/s1. The number of ketones is 1. The van der Waals surface area contributed by atoms with Crippen LogP contribution in [0.3, 0.4) is 0 Å². The van der Waals surface area contributed by atoms with Crippen LogP contribution in [0.2, 0.25) is 0 Å². The molecule has 0 aromatic heterocycles. The Balaban J connectivity index is 1.67. The highest BCUT2D eigenvalue weighted by atomic mass is 19.1. The van der Waals surface area contributed by atoms with Gasteiger partial charge in [-0.3, -0.25) is 14.5 Å². The number of β-lactam (4-membered cyclic amide) rings is 1. The first-order valence-corrected chi connectivity index (χ1v) is 11.2. The molecule has 180 valence electrons. The van der Waals surface area contributed by atoms with Crippen molar-refractivity contribution in [1.82, 2.24) is 9.80 Å². The lowest BCUT2D eigenvalue weighted by Gasteiger charge is -2.46. The number of fused-ring (bicyclic) bond motifs is 1. The number of aromatic hydroxyl groups is 1. The second-order valence-corrected chi connectivity index (χ2v) is 8.90. The highest BCUT2D eigenvalue weighted by Crippen LogP contribution is 2.47. The third-order valence-electron chi connectivity index (χ3n) is 6.90. The van der Waals surface area contributed by atoms with E-state index >= 15 is 0 Å². The highest BCUT2D eigenvalue weighted by molar-refractivity contribution is 6.00. The number of phenols is 1. The summed E-state index contributed by atoms with van der Waals surface area (Å²) in [5.41, 5.74) is 0.609. The number of carbonyl (C=O) groups excluding carboxylic acids is 2. The molecule has 8 nitrogen and oxygen atoms in total. The summed E-state index contributed by atoms with van der Waals surface area (Å²) in [6, 6.07) is 2.22. The number of benzene rings is 1. The summed E-state index contributed by atoms with van der Waals surface area (Å²) in [5, 5.41) is 29.3. The van der Waals surface area contributed by atoms with E-state index in [0.717, 1.165) is 0 Å². The molecule has 33 heavy (non-hydrogen) atoms. The quantitative estimate of drug-likeness (QED) is 0.361. The Morgan fingerprint density at radius 3 is 2.55 bits per heavy atom. The number of carboxylic acids is 1. The first-order chi connectivity index (χ1) is 15.5. The van der Waals surface area contributed by atoms with Gasteiger partial charge in [-0.15, -0.1) is 0 Å². The number of carboxylic acid groups (broad SMARTS) is 1. The summed E-state index contributed by atoms with van der Waals surface area (Å²) in [7, 11) is 0. The van der Waals surface area contributed by atoms with E-state index in [-0.39, 0.29) is 52.6 Å². The van der Waals surface area contributed by atoms with E-state index in [4.69, 9.17) is 0 Å². The summed E-state index contributed by atoms with van der Waals surface area (Å²) in [4.78, 5) is 40.2. The summed E-state index contributed by atoms with van der Waals surface area (Å²) in [5.74, 6) is -3.63. The number of carbonyl (C=O) groups is 3. The maximum Gasteiger partial charge on any atom is 0.352 e. The van der Waals surface area contributed by atoms with Crippen LogP contribution >= 0.6 is 0 Å². The smallest absolute Gasteiger partial charge is 0.352 e. The molecular formula is C24H31FN2O6. The highest BCUT2D eigenvalue weighted by Gasteiger charge is 2.59. The van der Waals surface area contributed by atoms with Crippen LogP contribution in [-0.2, 0) is 9.59 Å². The van der Waals surface area contributed by atoms with Crippen molar-refractivity contribution >= 4 is 17.7 Å². The predicted molar refractivity (Wildman–Crippen MR) is 118 cm³/mol. The second kappa shape index (κ2) is 9.61. The van der Waals surface area contributed by atoms with E-state index in [1.54, 1.807) is 6.92 Å². The molecule has 2 aliphatic rings. The minimum absolute atomic E-state index is 0.00874. The number of rotatable bonds is 10. The molecule has 0 radical (unpaired) electrons. The van der Waals surface area contributed by atoms with Crippen LogP contribution in [0.5, 0.6) is 5.75 Å². The Morgan fingerprint density at radius 2 is 1.97 bits per heavy atom. The minimum atomic E-state index is -1.17. The number of Topliss-reactive ketones (excluding diaryl/α,β-unsaturated/α-hetero) is 1. The SMILES string of the molecule is CCN(CCCC(=O)c1ccc(O)c(C)c1F)CC1=C(C(=O)O)N2C(=O)[C@H]([C@@H](C)O)[C@H]2[C@H]1C. The summed E-state index contributed by atoms with van der Waals surface area (Å²) < 4.78 is 14.3. The molecular weight excluding hydrogens is 431 g/mol. The van der Waals surface area contributed by atoms with Crippen LogP contribution in [0.25, 0.3) is 0 Å². The maximum absolute atomic E-state index is 14.3. The molecule has 3 N–H and O–H groups in total. The Kier molecular flexibility index (Phi) is 7.23. The molecule has 1 aromatic carbocycles. The molecule has 1 aromatic rings. The number of halogens is 1. The zero-order valence-corrected chi connectivity index (χ0v) is 19.3. The van der Waals surface area contributed by atoms with Gasteiger partial charge in [0.25, 0.3) is 0 Å². The largest absolute Gasteiger partial charge is 0.508 e. The topological polar surface area (TPSA) is 118 Å². The van der Waals surface area contributed by atoms with Crippen LogP contribution < -0.4 is 0 Å².